The summed E-state index contributed by atoms with van der Waals surface area (Å²) in [7, 11) is 0. The molecule has 18 heavy (non-hydrogen) atoms. The molecule has 1 unspecified atom stereocenters. The third-order valence-corrected chi connectivity index (χ3v) is 3.91. The maximum Gasteiger partial charge on any atom is 0.126 e. The average molecular weight is 250 g/mol. The van der Waals surface area contributed by atoms with E-state index in [-0.39, 0.29) is 11.9 Å². The number of piperidine rings is 1. The summed E-state index contributed by atoms with van der Waals surface area (Å²) in [5.41, 5.74) is 8.74. The molecule has 100 valence electrons. The highest BCUT2D eigenvalue weighted by molar-refractivity contribution is 5.58. The number of benzene rings is 1. The van der Waals surface area contributed by atoms with Gasteiger partial charge in [0.05, 0.1) is 0 Å². The van der Waals surface area contributed by atoms with Crippen molar-refractivity contribution in [3.63, 3.8) is 0 Å². The zero-order chi connectivity index (χ0) is 13.3. The lowest BCUT2D eigenvalue weighted by Gasteiger charge is -2.37. The minimum atomic E-state index is -0.157. The van der Waals surface area contributed by atoms with E-state index in [9.17, 15) is 4.39 Å². The van der Waals surface area contributed by atoms with Gasteiger partial charge in [0.2, 0.25) is 0 Å². The Labute approximate surface area is 109 Å². The van der Waals surface area contributed by atoms with Gasteiger partial charge in [-0.15, -0.1) is 0 Å². The zero-order valence-electron chi connectivity index (χ0n) is 11.5. The van der Waals surface area contributed by atoms with Gasteiger partial charge in [0.15, 0.2) is 0 Å². The lowest BCUT2D eigenvalue weighted by molar-refractivity contribution is 0.482. The Morgan fingerprint density at radius 1 is 1.39 bits per heavy atom. The molecule has 1 saturated heterocycles. The number of hydrogen-bond donors (Lipinski definition) is 1. The van der Waals surface area contributed by atoms with Gasteiger partial charge in [-0.1, -0.05) is 0 Å². The normalized spacial score (nSPS) is 22.1. The molecule has 1 aliphatic heterocycles. The molecule has 2 atom stereocenters. The fourth-order valence-corrected chi connectivity index (χ4v) is 2.75. The summed E-state index contributed by atoms with van der Waals surface area (Å²) in [4.78, 5) is 2.38. The molecule has 1 heterocycles. The molecule has 2 nitrogen and oxygen atoms in total. The van der Waals surface area contributed by atoms with Crippen molar-refractivity contribution < 1.29 is 4.39 Å². The van der Waals surface area contributed by atoms with Crippen molar-refractivity contribution in [1.82, 2.24) is 0 Å². The van der Waals surface area contributed by atoms with E-state index < -0.39 is 0 Å². The van der Waals surface area contributed by atoms with Gasteiger partial charge in [-0.25, -0.2) is 4.39 Å². The van der Waals surface area contributed by atoms with Crippen molar-refractivity contribution in [2.75, 3.05) is 11.4 Å². The van der Waals surface area contributed by atoms with Crippen LogP contribution in [-0.2, 0) is 0 Å². The van der Waals surface area contributed by atoms with Crippen molar-refractivity contribution in [1.29, 1.82) is 0 Å². The first-order valence-electron chi connectivity index (χ1n) is 6.83. The van der Waals surface area contributed by atoms with Gasteiger partial charge in [-0.2, -0.15) is 0 Å². The molecular formula is C15H23FN2. The average Bonchev–Trinajstić information content (AvgIpc) is 2.32. The molecule has 0 amide bonds. The first-order valence-corrected chi connectivity index (χ1v) is 6.83. The van der Waals surface area contributed by atoms with Crippen LogP contribution in [0.25, 0.3) is 0 Å². The molecular weight excluding hydrogens is 227 g/mol. The Balaban J connectivity index is 2.44. The first kappa shape index (κ1) is 13.3. The topological polar surface area (TPSA) is 29.3 Å². The van der Waals surface area contributed by atoms with E-state index in [4.69, 9.17) is 5.73 Å². The summed E-state index contributed by atoms with van der Waals surface area (Å²) >= 11 is 0. The second kappa shape index (κ2) is 5.27. The van der Waals surface area contributed by atoms with Crippen LogP contribution in [0.2, 0.25) is 0 Å². The molecule has 0 radical (unpaired) electrons. The molecule has 0 aromatic heterocycles. The standard InChI is InChI=1S/C15H23FN2/c1-10-8-15(13(12(3)17)9-14(10)16)18-7-5-4-6-11(18)2/h8-9,11-12H,4-7,17H2,1-3H3/t11?,12-/m1/s1. The van der Waals surface area contributed by atoms with Gasteiger partial charge in [-0.3, -0.25) is 0 Å². The first-order chi connectivity index (χ1) is 8.50. The molecule has 0 aliphatic carbocycles. The maximum absolute atomic E-state index is 13.7. The Morgan fingerprint density at radius 3 is 2.72 bits per heavy atom. The van der Waals surface area contributed by atoms with E-state index in [1.54, 1.807) is 6.07 Å². The predicted molar refractivity (Wildman–Crippen MR) is 74.4 cm³/mol. The van der Waals surface area contributed by atoms with E-state index in [0.717, 1.165) is 17.8 Å². The number of rotatable bonds is 2. The number of nitrogens with zero attached hydrogens (tertiary/aromatic N) is 1. The summed E-state index contributed by atoms with van der Waals surface area (Å²) in [6.45, 7) is 7.02. The highest BCUT2D eigenvalue weighted by atomic mass is 19.1. The Bertz CT molecular complexity index is 429. The lowest BCUT2D eigenvalue weighted by atomic mass is 9.97. The Kier molecular flexibility index (Phi) is 3.91. The molecule has 1 fully saturated rings. The highest BCUT2D eigenvalue weighted by Crippen LogP contribution is 2.32. The third kappa shape index (κ3) is 2.51. The second-order valence-corrected chi connectivity index (χ2v) is 5.49. The summed E-state index contributed by atoms with van der Waals surface area (Å²) in [6.07, 6.45) is 3.69. The maximum atomic E-state index is 13.7. The monoisotopic (exact) mass is 250 g/mol. The predicted octanol–water partition coefficient (Wildman–Crippen LogP) is 3.53. The van der Waals surface area contributed by atoms with Crippen LogP contribution in [0.3, 0.4) is 0 Å². The molecule has 3 heteroatoms. The van der Waals surface area contributed by atoms with Crippen molar-refractivity contribution in [2.45, 2.75) is 52.1 Å². The SMILES string of the molecule is Cc1cc(N2CCCCC2C)c([C@@H](C)N)cc1F. The van der Waals surface area contributed by atoms with Crippen LogP contribution in [0.1, 0.15) is 50.3 Å². The van der Waals surface area contributed by atoms with Crippen molar-refractivity contribution in [3.05, 3.63) is 29.1 Å². The summed E-state index contributed by atoms with van der Waals surface area (Å²) < 4.78 is 13.7. The van der Waals surface area contributed by atoms with Crippen LogP contribution in [0, 0.1) is 12.7 Å². The molecule has 2 N–H and O–H groups in total. The molecule has 0 saturated carbocycles. The van der Waals surface area contributed by atoms with Gasteiger partial charge in [-0.05, 0) is 63.3 Å². The van der Waals surface area contributed by atoms with Crippen LogP contribution in [0.15, 0.2) is 12.1 Å². The van der Waals surface area contributed by atoms with Crippen LogP contribution in [-0.4, -0.2) is 12.6 Å². The summed E-state index contributed by atoms with van der Waals surface area (Å²) in [6, 6.07) is 3.94. The minimum absolute atomic E-state index is 0.135. The fourth-order valence-electron chi connectivity index (χ4n) is 2.75. The molecule has 1 aromatic carbocycles. The van der Waals surface area contributed by atoms with Crippen LogP contribution < -0.4 is 10.6 Å². The molecule has 2 rings (SSSR count). The van der Waals surface area contributed by atoms with Gasteiger partial charge in [0.25, 0.3) is 0 Å². The summed E-state index contributed by atoms with van der Waals surface area (Å²) in [5, 5.41) is 0. The van der Waals surface area contributed by atoms with Crippen LogP contribution >= 0.6 is 0 Å². The van der Waals surface area contributed by atoms with Crippen LogP contribution in [0.4, 0.5) is 10.1 Å². The van der Waals surface area contributed by atoms with E-state index in [2.05, 4.69) is 11.8 Å². The van der Waals surface area contributed by atoms with Crippen molar-refractivity contribution in [2.24, 2.45) is 5.73 Å². The number of aryl methyl sites for hydroxylation is 1. The zero-order valence-corrected chi connectivity index (χ0v) is 11.5. The van der Waals surface area contributed by atoms with E-state index in [1.165, 1.54) is 19.3 Å². The van der Waals surface area contributed by atoms with Gasteiger partial charge < -0.3 is 10.6 Å². The number of hydrogen-bond acceptors (Lipinski definition) is 2. The fraction of sp³-hybridized carbons (Fsp3) is 0.600. The molecule has 1 aromatic rings. The quantitative estimate of drug-likeness (QED) is 0.870. The smallest absolute Gasteiger partial charge is 0.126 e. The third-order valence-electron chi connectivity index (χ3n) is 3.91. The Hall–Kier alpha value is -1.09. The van der Waals surface area contributed by atoms with Gasteiger partial charge in [0.1, 0.15) is 5.82 Å². The van der Waals surface area contributed by atoms with E-state index in [0.29, 0.717) is 11.6 Å². The van der Waals surface area contributed by atoms with Gasteiger partial charge in [0, 0.05) is 24.3 Å². The van der Waals surface area contributed by atoms with E-state index in [1.807, 2.05) is 19.9 Å². The van der Waals surface area contributed by atoms with Crippen LogP contribution in [0.5, 0.6) is 0 Å². The van der Waals surface area contributed by atoms with Gasteiger partial charge >= 0.3 is 0 Å². The summed E-state index contributed by atoms with van der Waals surface area (Å²) in [5.74, 6) is -0.157. The molecule has 0 spiro atoms. The van der Waals surface area contributed by atoms with Crippen molar-refractivity contribution in [3.8, 4) is 0 Å². The lowest BCUT2D eigenvalue weighted by Crippen LogP contribution is -2.38. The largest absolute Gasteiger partial charge is 0.369 e. The highest BCUT2D eigenvalue weighted by Gasteiger charge is 2.22. The second-order valence-electron chi connectivity index (χ2n) is 5.49. The minimum Gasteiger partial charge on any atom is -0.369 e. The number of nitrogens with two attached hydrogens (primary N) is 1. The van der Waals surface area contributed by atoms with E-state index >= 15 is 0 Å². The molecule has 1 aliphatic rings. The molecule has 0 bridgehead atoms. The number of halogens is 1. The number of anilines is 1. The van der Waals surface area contributed by atoms with Crippen molar-refractivity contribution >= 4 is 5.69 Å². The Morgan fingerprint density at radius 2 is 2.11 bits per heavy atom.